The summed E-state index contributed by atoms with van der Waals surface area (Å²) in [5.41, 5.74) is 0. The Bertz CT molecular complexity index is 276. The molecule has 0 aliphatic heterocycles. The summed E-state index contributed by atoms with van der Waals surface area (Å²) in [5.74, 6) is 1.40. The number of aromatic nitrogens is 1. The van der Waals surface area contributed by atoms with Gasteiger partial charge in [0.1, 0.15) is 0 Å². The minimum absolute atomic E-state index is 0.442. The molecule has 0 amide bonds. The van der Waals surface area contributed by atoms with Crippen molar-refractivity contribution in [2.75, 3.05) is 6.61 Å². The van der Waals surface area contributed by atoms with Gasteiger partial charge in [-0.25, -0.2) is 4.98 Å². The highest BCUT2D eigenvalue weighted by atomic mass is 35.5. The summed E-state index contributed by atoms with van der Waals surface area (Å²) >= 11 is 5.83. The Balaban J connectivity index is 2.28. The third-order valence-corrected chi connectivity index (χ3v) is 2.19. The van der Waals surface area contributed by atoms with E-state index >= 15 is 0 Å². The van der Waals surface area contributed by atoms with E-state index < -0.39 is 0 Å². The predicted molar refractivity (Wildman–Crippen MR) is 58.8 cm³/mol. The first-order valence-corrected chi connectivity index (χ1v) is 5.31. The highest BCUT2D eigenvalue weighted by Gasteiger charge is 2.00. The van der Waals surface area contributed by atoms with Gasteiger partial charge in [-0.1, -0.05) is 25.4 Å². The van der Waals surface area contributed by atoms with Crippen LogP contribution in [0.4, 0.5) is 0 Å². The van der Waals surface area contributed by atoms with Gasteiger partial charge >= 0.3 is 0 Å². The molecule has 1 rings (SSSR count). The summed E-state index contributed by atoms with van der Waals surface area (Å²) < 4.78 is 5.49. The highest BCUT2D eigenvalue weighted by molar-refractivity contribution is 6.30. The van der Waals surface area contributed by atoms with Gasteiger partial charge < -0.3 is 4.74 Å². The predicted octanol–water partition coefficient (Wildman–Crippen LogP) is 3.55. The van der Waals surface area contributed by atoms with Crippen molar-refractivity contribution in [2.45, 2.75) is 26.7 Å². The SMILES string of the molecule is CC(C)CCCOc1cccnc1Cl. The van der Waals surface area contributed by atoms with Gasteiger partial charge in [-0.3, -0.25) is 0 Å². The molecule has 2 nitrogen and oxygen atoms in total. The monoisotopic (exact) mass is 213 g/mol. The van der Waals surface area contributed by atoms with Gasteiger partial charge in [0.15, 0.2) is 10.9 Å². The number of rotatable bonds is 5. The first-order chi connectivity index (χ1) is 6.70. The maximum absolute atomic E-state index is 5.83. The summed E-state index contributed by atoms with van der Waals surface area (Å²) in [4.78, 5) is 3.93. The molecule has 0 atom stereocenters. The van der Waals surface area contributed by atoms with Gasteiger partial charge in [0.05, 0.1) is 6.61 Å². The van der Waals surface area contributed by atoms with Crippen LogP contribution in [-0.2, 0) is 0 Å². The maximum atomic E-state index is 5.83. The molecule has 0 fully saturated rings. The van der Waals surface area contributed by atoms with Crippen molar-refractivity contribution < 1.29 is 4.74 Å². The summed E-state index contributed by atoms with van der Waals surface area (Å²) in [7, 11) is 0. The molecule has 0 saturated heterocycles. The standard InChI is InChI=1S/C11H16ClNO/c1-9(2)5-4-8-14-10-6-3-7-13-11(10)12/h3,6-7,9H,4-5,8H2,1-2H3. The van der Waals surface area contributed by atoms with Gasteiger partial charge in [-0.05, 0) is 30.9 Å². The molecule has 0 unspecified atom stereocenters. The van der Waals surface area contributed by atoms with Crippen molar-refractivity contribution in [3.8, 4) is 5.75 Å². The van der Waals surface area contributed by atoms with Crippen LogP contribution < -0.4 is 4.74 Å². The van der Waals surface area contributed by atoms with E-state index in [2.05, 4.69) is 18.8 Å². The van der Waals surface area contributed by atoms with E-state index in [0.717, 1.165) is 12.3 Å². The molecular formula is C11H16ClNO. The molecule has 1 heterocycles. The van der Waals surface area contributed by atoms with Gasteiger partial charge in [0.25, 0.3) is 0 Å². The van der Waals surface area contributed by atoms with Gasteiger partial charge in [0.2, 0.25) is 0 Å². The van der Waals surface area contributed by atoms with Crippen molar-refractivity contribution in [3.63, 3.8) is 0 Å². The van der Waals surface area contributed by atoms with E-state index in [0.29, 0.717) is 17.5 Å². The second-order valence-corrected chi connectivity index (χ2v) is 4.03. The van der Waals surface area contributed by atoms with E-state index in [4.69, 9.17) is 16.3 Å². The van der Waals surface area contributed by atoms with Gasteiger partial charge in [-0.2, -0.15) is 0 Å². The molecule has 3 heteroatoms. The lowest BCUT2D eigenvalue weighted by atomic mass is 10.1. The summed E-state index contributed by atoms with van der Waals surface area (Å²) in [5, 5.41) is 0.442. The Labute approximate surface area is 90.3 Å². The number of halogens is 1. The Morgan fingerprint density at radius 2 is 2.29 bits per heavy atom. The largest absolute Gasteiger partial charge is 0.490 e. The molecule has 0 spiro atoms. The lowest BCUT2D eigenvalue weighted by Gasteiger charge is -2.07. The van der Waals surface area contributed by atoms with Crippen molar-refractivity contribution in [1.82, 2.24) is 4.98 Å². The van der Waals surface area contributed by atoms with E-state index in [1.807, 2.05) is 12.1 Å². The van der Waals surface area contributed by atoms with Crippen molar-refractivity contribution >= 4 is 11.6 Å². The molecule has 0 N–H and O–H groups in total. The molecule has 78 valence electrons. The minimum Gasteiger partial charge on any atom is -0.490 e. The third kappa shape index (κ3) is 3.97. The normalized spacial score (nSPS) is 10.6. The van der Waals surface area contributed by atoms with E-state index in [1.54, 1.807) is 6.20 Å². The number of nitrogens with zero attached hydrogens (tertiary/aromatic N) is 1. The average molecular weight is 214 g/mol. The molecule has 0 radical (unpaired) electrons. The Morgan fingerprint density at radius 1 is 1.50 bits per heavy atom. The molecule has 0 saturated carbocycles. The Morgan fingerprint density at radius 3 is 2.93 bits per heavy atom. The summed E-state index contributed by atoms with van der Waals surface area (Å²) in [6.45, 7) is 5.12. The zero-order valence-electron chi connectivity index (χ0n) is 8.66. The second kappa shape index (κ2) is 5.86. The summed E-state index contributed by atoms with van der Waals surface area (Å²) in [6, 6.07) is 3.66. The number of hydrogen-bond donors (Lipinski definition) is 0. The molecule has 1 aromatic heterocycles. The van der Waals surface area contributed by atoms with Crippen LogP contribution in [0, 0.1) is 5.92 Å². The minimum atomic E-state index is 0.442. The molecule has 0 bridgehead atoms. The third-order valence-electron chi connectivity index (χ3n) is 1.91. The lowest BCUT2D eigenvalue weighted by Crippen LogP contribution is -2.00. The van der Waals surface area contributed by atoms with Gasteiger partial charge in [-0.15, -0.1) is 0 Å². The average Bonchev–Trinajstić information content (AvgIpc) is 2.15. The van der Waals surface area contributed by atoms with Gasteiger partial charge in [0, 0.05) is 6.20 Å². The lowest BCUT2D eigenvalue weighted by molar-refractivity contribution is 0.297. The van der Waals surface area contributed by atoms with E-state index in [1.165, 1.54) is 6.42 Å². The topological polar surface area (TPSA) is 22.1 Å². The van der Waals surface area contributed by atoms with Crippen molar-refractivity contribution in [1.29, 1.82) is 0 Å². The smallest absolute Gasteiger partial charge is 0.171 e. The van der Waals surface area contributed by atoms with Crippen LogP contribution in [0.5, 0.6) is 5.75 Å². The van der Waals surface area contributed by atoms with Crippen molar-refractivity contribution in [3.05, 3.63) is 23.5 Å². The van der Waals surface area contributed by atoms with Crippen LogP contribution in [0.15, 0.2) is 18.3 Å². The number of ether oxygens (including phenoxy) is 1. The maximum Gasteiger partial charge on any atom is 0.171 e. The van der Waals surface area contributed by atoms with Crippen LogP contribution in [0.2, 0.25) is 5.15 Å². The molecule has 1 aromatic rings. The first-order valence-electron chi connectivity index (χ1n) is 4.93. The number of pyridine rings is 1. The van der Waals surface area contributed by atoms with Crippen LogP contribution in [0.1, 0.15) is 26.7 Å². The van der Waals surface area contributed by atoms with Crippen LogP contribution >= 0.6 is 11.6 Å². The fourth-order valence-corrected chi connectivity index (χ4v) is 1.33. The Hall–Kier alpha value is -0.760. The molecule has 0 aliphatic carbocycles. The molecule has 0 aromatic carbocycles. The molecular weight excluding hydrogens is 198 g/mol. The van der Waals surface area contributed by atoms with E-state index in [-0.39, 0.29) is 0 Å². The zero-order valence-corrected chi connectivity index (χ0v) is 9.42. The van der Waals surface area contributed by atoms with Crippen molar-refractivity contribution in [2.24, 2.45) is 5.92 Å². The van der Waals surface area contributed by atoms with Crippen LogP contribution in [-0.4, -0.2) is 11.6 Å². The van der Waals surface area contributed by atoms with Crippen LogP contribution in [0.3, 0.4) is 0 Å². The quantitative estimate of drug-likeness (QED) is 0.551. The number of hydrogen-bond acceptors (Lipinski definition) is 2. The summed E-state index contributed by atoms with van der Waals surface area (Å²) in [6.07, 6.45) is 3.89. The molecule has 0 aliphatic rings. The zero-order chi connectivity index (χ0) is 10.4. The Kier molecular flexibility index (Phi) is 4.74. The fourth-order valence-electron chi connectivity index (χ4n) is 1.15. The fraction of sp³-hybridized carbons (Fsp3) is 0.545. The highest BCUT2D eigenvalue weighted by Crippen LogP contribution is 2.20. The first kappa shape index (κ1) is 11.3. The molecule has 14 heavy (non-hydrogen) atoms. The van der Waals surface area contributed by atoms with Crippen LogP contribution in [0.25, 0.3) is 0 Å². The van der Waals surface area contributed by atoms with E-state index in [9.17, 15) is 0 Å². The second-order valence-electron chi connectivity index (χ2n) is 3.68.